The van der Waals surface area contributed by atoms with Crippen molar-refractivity contribution in [2.75, 3.05) is 20.1 Å². The molecule has 14 heavy (non-hydrogen) atoms. The minimum atomic E-state index is -0.781. The Kier molecular flexibility index (Phi) is 3.89. The largest absolute Gasteiger partial charge is 0.481 e. The fourth-order valence-electron chi connectivity index (χ4n) is 1.99. The van der Waals surface area contributed by atoms with Crippen LogP contribution in [0.3, 0.4) is 0 Å². The summed E-state index contributed by atoms with van der Waals surface area (Å²) in [6.45, 7) is 3.76. The van der Waals surface area contributed by atoms with Gasteiger partial charge in [0.2, 0.25) is 0 Å². The minimum absolute atomic E-state index is 0.193. The highest BCUT2D eigenvalue weighted by Gasteiger charge is 2.29. The average Bonchev–Trinajstić information content (AvgIpc) is 2.16. The predicted molar refractivity (Wildman–Crippen MR) is 55.0 cm³/mol. The first-order valence-corrected chi connectivity index (χ1v) is 5.19. The van der Waals surface area contributed by atoms with Crippen LogP contribution < -0.4 is 5.73 Å². The van der Waals surface area contributed by atoms with Crippen molar-refractivity contribution in [3.05, 3.63) is 0 Å². The van der Waals surface area contributed by atoms with Gasteiger partial charge in [0.25, 0.3) is 0 Å². The first kappa shape index (κ1) is 11.5. The van der Waals surface area contributed by atoms with Gasteiger partial charge in [-0.05, 0) is 38.9 Å². The van der Waals surface area contributed by atoms with Crippen molar-refractivity contribution in [2.24, 2.45) is 17.6 Å². The van der Waals surface area contributed by atoms with Crippen LogP contribution in [0.15, 0.2) is 0 Å². The number of carboxylic acids is 1. The SMILES string of the molecule is CC(C(=O)O)C(N)C1CCN(C)CC1. The highest BCUT2D eigenvalue weighted by Crippen LogP contribution is 2.22. The summed E-state index contributed by atoms with van der Waals surface area (Å²) in [5.74, 6) is -0.836. The summed E-state index contributed by atoms with van der Waals surface area (Å²) in [5, 5.41) is 8.84. The Bertz CT molecular complexity index is 200. The van der Waals surface area contributed by atoms with Gasteiger partial charge in [0.05, 0.1) is 5.92 Å². The van der Waals surface area contributed by atoms with E-state index >= 15 is 0 Å². The highest BCUT2D eigenvalue weighted by molar-refractivity contribution is 5.70. The zero-order chi connectivity index (χ0) is 10.7. The molecular weight excluding hydrogens is 180 g/mol. The van der Waals surface area contributed by atoms with Crippen LogP contribution in [0.1, 0.15) is 19.8 Å². The van der Waals surface area contributed by atoms with E-state index in [1.807, 2.05) is 0 Å². The fourth-order valence-corrected chi connectivity index (χ4v) is 1.99. The highest BCUT2D eigenvalue weighted by atomic mass is 16.4. The number of nitrogens with two attached hydrogens (primary N) is 1. The molecule has 1 aliphatic rings. The molecule has 0 spiro atoms. The second-order valence-electron chi connectivity index (χ2n) is 4.34. The number of hydrogen-bond donors (Lipinski definition) is 2. The Balaban J connectivity index is 2.45. The molecule has 1 rings (SSSR count). The van der Waals surface area contributed by atoms with Crippen molar-refractivity contribution in [2.45, 2.75) is 25.8 Å². The lowest BCUT2D eigenvalue weighted by Crippen LogP contribution is -2.44. The Morgan fingerprint density at radius 1 is 1.50 bits per heavy atom. The number of likely N-dealkylation sites (tertiary alicyclic amines) is 1. The topological polar surface area (TPSA) is 66.6 Å². The zero-order valence-electron chi connectivity index (χ0n) is 8.94. The summed E-state index contributed by atoms with van der Waals surface area (Å²) in [6.07, 6.45) is 2.05. The van der Waals surface area contributed by atoms with E-state index in [0.717, 1.165) is 25.9 Å². The van der Waals surface area contributed by atoms with E-state index < -0.39 is 11.9 Å². The van der Waals surface area contributed by atoms with Crippen LogP contribution in [0.2, 0.25) is 0 Å². The summed E-state index contributed by atoms with van der Waals surface area (Å²) in [5.41, 5.74) is 5.94. The molecule has 0 saturated carbocycles. The molecule has 4 heteroatoms. The molecular formula is C10H20N2O2. The molecule has 2 unspecified atom stereocenters. The van der Waals surface area contributed by atoms with E-state index in [9.17, 15) is 4.79 Å². The maximum atomic E-state index is 10.8. The molecule has 4 nitrogen and oxygen atoms in total. The van der Waals surface area contributed by atoms with Crippen molar-refractivity contribution in [1.82, 2.24) is 4.90 Å². The molecule has 1 heterocycles. The second-order valence-corrected chi connectivity index (χ2v) is 4.34. The summed E-state index contributed by atoms with van der Waals surface area (Å²) in [6, 6.07) is -0.193. The zero-order valence-corrected chi connectivity index (χ0v) is 8.94. The van der Waals surface area contributed by atoms with E-state index in [0.29, 0.717) is 5.92 Å². The van der Waals surface area contributed by atoms with Crippen molar-refractivity contribution >= 4 is 5.97 Å². The maximum absolute atomic E-state index is 10.8. The normalized spacial score (nSPS) is 24.5. The summed E-state index contributed by atoms with van der Waals surface area (Å²) >= 11 is 0. The van der Waals surface area contributed by atoms with E-state index in [1.165, 1.54) is 0 Å². The summed E-state index contributed by atoms with van der Waals surface area (Å²) in [7, 11) is 2.09. The number of hydrogen-bond acceptors (Lipinski definition) is 3. The van der Waals surface area contributed by atoms with Crippen molar-refractivity contribution in [3.8, 4) is 0 Å². The van der Waals surface area contributed by atoms with Gasteiger partial charge in [-0.15, -0.1) is 0 Å². The van der Waals surface area contributed by atoms with Crippen LogP contribution in [-0.2, 0) is 4.79 Å². The molecule has 1 saturated heterocycles. The lowest BCUT2D eigenvalue weighted by atomic mass is 9.83. The fraction of sp³-hybridized carbons (Fsp3) is 0.900. The van der Waals surface area contributed by atoms with E-state index in [2.05, 4.69) is 11.9 Å². The van der Waals surface area contributed by atoms with Gasteiger partial charge in [-0.25, -0.2) is 0 Å². The molecule has 3 N–H and O–H groups in total. The third-order valence-electron chi connectivity index (χ3n) is 3.27. The number of rotatable bonds is 3. The number of carboxylic acid groups (broad SMARTS) is 1. The summed E-state index contributed by atoms with van der Waals surface area (Å²) in [4.78, 5) is 13.0. The molecule has 1 fully saturated rings. The third-order valence-corrected chi connectivity index (χ3v) is 3.27. The number of carbonyl (C=O) groups is 1. The maximum Gasteiger partial charge on any atom is 0.307 e. The average molecular weight is 200 g/mol. The minimum Gasteiger partial charge on any atom is -0.481 e. The van der Waals surface area contributed by atoms with Gasteiger partial charge < -0.3 is 15.7 Å². The van der Waals surface area contributed by atoms with Crippen molar-refractivity contribution < 1.29 is 9.90 Å². The first-order chi connectivity index (χ1) is 6.52. The van der Waals surface area contributed by atoms with Crippen LogP contribution in [-0.4, -0.2) is 42.2 Å². The van der Waals surface area contributed by atoms with Gasteiger partial charge in [-0.3, -0.25) is 4.79 Å². The van der Waals surface area contributed by atoms with Gasteiger partial charge in [0.15, 0.2) is 0 Å². The van der Waals surface area contributed by atoms with E-state index in [4.69, 9.17) is 10.8 Å². The van der Waals surface area contributed by atoms with Gasteiger partial charge in [0.1, 0.15) is 0 Å². The Hall–Kier alpha value is -0.610. The lowest BCUT2D eigenvalue weighted by Gasteiger charge is -2.34. The number of aliphatic carboxylic acids is 1. The standard InChI is InChI=1S/C10H20N2O2/c1-7(10(13)14)9(11)8-3-5-12(2)6-4-8/h7-9H,3-6,11H2,1-2H3,(H,13,14). The molecule has 0 bridgehead atoms. The van der Waals surface area contributed by atoms with Crippen LogP contribution in [0.5, 0.6) is 0 Å². The molecule has 0 aromatic heterocycles. The first-order valence-electron chi connectivity index (χ1n) is 5.19. The molecule has 0 radical (unpaired) electrons. The van der Waals surface area contributed by atoms with Gasteiger partial charge in [0, 0.05) is 6.04 Å². The van der Waals surface area contributed by atoms with Crippen molar-refractivity contribution in [3.63, 3.8) is 0 Å². The molecule has 82 valence electrons. The third kappa shape index (κ3) is 2.69. The van der Waals surface area contributed by atoms with Crippen molar-refractivity contribution in [1.29, 1.82) is 0 Å². The van der Waals surface area contributed by atoms with Crippen LogP contribution in [0, 0.1) is 11.8 Å². The molecule has 0 amide bonds. The second kappa shape index (κ2) is 4.75. The molecule has 2 atom stereocenters. The molecule has 0 aromatic carbocycles. The van der Waals surface area contributed by atoms with E-state index in [-0.39, 0.29) is 6.04 Å². The Morgan fingerprint density at radius 2 is 2.00 bits per heavy atom. The van der Waals surface area contributed by atoms with Crippen LogP contribution in [0.25, 0.3) is 0 Å². The molecule has 0 aromatic rings. The Morgan fingerprint density at radius 3 is 2.43 bits per heavy atom. The predicted octanol–water partition coefficient (Wildman–Crippen LogP) is 0.376. The van der Waals surface area contributed by atoms with Gasteiger partial charge >= 0.3 is 5.97 Å². The van der Waals surface area contributed by atoms with Crippen LogP contribution >= 0.6 is 0 Å². The number of piperidine rings is 1. The number of nitrogens with zero attached hydrogens (tertiary/aromatic N) is 1. The van der Waals surface area contributed by atoms with Crippen LogP contribution in [0.4, 0.5) is 0 Å². The smallest absolute Gasteiger partial charge is 0.307 e. The quantitative estimate of drug-likeness (QED) is 0.691. The lowest BCUT2D eigenvalue weighted by molar-refractivity contribution is -0.142. The Labute approximate surface area is 85.1 Å². The van der Waals surface area contributed by atoms with Gasteiger partial charge in [-0.2, -0.15) is 0 Å². The monoisotopic (exact) mass is 200 g/mol. The van der Waals surface area contributed by atoms with Gasteiger partial charge in [-0.1, -0.05) is 6.92 Å². The molecule has 0 aliphatic carbocycles. The summed E-state index contributed by atoms with van der Waals surface area (Å²) < 4.78 is 0. The van der Waals surface area contributed by atoms with E-state index in [1.54, 1.807) is 6.92 Å². The molecule has 1 aliphatic heterocycles.